The molecular formula is C20H29Cl2N3O4. The van der Waals surface area contributed by atoms with Gasteiger partial charge >= 0.3 is 5.97 Å². The number of piperidine rings is 1. The van der Waals surface area contributed by atoms with Gasteiger partial charge in [0.15, 0.2) is 0 Å². The van der Waals surface area contributed by atoms with Crippen LogP contribution in [0.3, 0.4) is 0 Å². The third-order valence-corrected chi connectivity index (χ3v) is 5.15. The SMILES string of the molecule is Cl.O=C(O)CCCNC(=O)CC(CNC(=O)C1CCNCC1)c1ccc(Cl)cc1. The van der Waals surface area contributed by atoms with Crippen molar-refractivity contribution >= 4 is 41.8 Å². The van der Waals surface area contributed by atoms with Crippen LogP contribution >= 0.6 is 24.0 Å². The summed E-state index contributed by atoms with van der Waals surface area (Å²) in [6.45, 7) is 2.38. The topological polar surface area (TPSA) is 108 Å². The monoisotopic (exact) mass is 445 g/mol. The van der Waals surface area contributed by atoms with Gasteiger partial charge in [0, 0.05) is 42.8 Å². The maximum Gasteiger partial charge on any atom is 0.303 e. The highest BCUT2D eigenvalue weighted by atomic mass is 35.5. The number of aliphatic carboxylic acids is 1. The quantitative estimate of drug-likeness (QED) is 0.413. The molecule has 1 fully saturated rings. The van der Waals surface area contributed by atoms with Gasteiger partial charge in [-0.05, 0) is 50.0 Å². The predicted octanol–water partition coefficient (Wildman–Crippen LogP) is 2.33. The van der Waals surface area contributed by atoms with Crippen LogP contribution in [-0.4, -0.2) is 49.1 Å². The molecule has 1 aliphatic heterocycles. The lowest BCUT2D eigenvalue weighted by atomic mass is 9.93. The molecule has 1 heterocycles. The van der Waals surface area contributed by atoms with Crippen LogP contribution in [-0.2, 0) is 14.4 Å². The fourth-order valence-electron chi connectivity index (χ4n) is 3.26. The van der Waals surface area contributed by atoms with E-state index in [0.29, 0.717) is 24.5 Å². The molecule has 0 saturated carbocycles. The van der Waals surface area contributed by atoms with Crippen LogP contribution in [0.1, 0.15) is 43.6 Å². The zero-order valence-corrected chi connectivity index (χ0v) is 17.9. The first-order valence-corrected chi connectivity index (χ1v) is 10.1. The molecule has 1 unspecified atom stereocenters. The van der Waals surface area contributed by atoms with Gasteiger partial charge in [0.2, 0.25) is 11.8 Å². The molecule has 2 rings (SSSR count). The molecule has 1 aromatic rings. The first-order valence-electron chi connectivity index (χ1n) is 9.68. The van der Waals surface area contributed by atoms with Gasteiger partial charge in [0.05, 0.1) is 0 Å². The van der Waals surface area contributed by atoms with Crippen molar-refractivity contribution in [3.63, 3.8) is 0 Å². The summed E-state index contributed by atoms with van der Waals surface area (Å²) in [5, 5.41) is 18.3. The normalized spacial score (nSPS) is 15.1. The van der Waals surface area contributed by atoms with Crippen LogP contribution in [0.15, 0.2) is 24.3 Å². The number of carbonyl (C=O) groups is 3. The number of carbonyl (C=O) groups excluding carboxylic acids is 2. The molecule has 1 saturated heterocycles. The Bertz CT molecular complexity index is 664. The fraction of sp³-hybridized carbons (Fsp3) is 0.550. The summed E-state index contributed by atoms with van der Waals surface area (Å²) >= 11 is 5.96. The molecule has 0 spiro atoms. The molecule has 1 aromatic carbocycles. The number of hydrogen-bond acceptors (Lipinski definition) is 4. The molecule has 7 nitrogen and oxygen atoms in total. The largest absolute Gasteiger partial charge is 0.481 e. The number of amides is 2. The van der Waals surface area contributed by atoms with Crippen LogP contribution in [0.4, 0.5) is 0 Å². The number of nitrogens with one attached hydrogen (secondary N) is 3. The summed E-state index contributed by atoms with van der Waals surface area (Å²) < 4.78 is 0. The summed E-state index contributed by atoms with van der Waals surface area (Å²) in [6, 6.07) is 7.26. The Hall–Kier alpha value is -1.83. The van der Waals surface area contributed by atoms with Gasteiger partial charge in [-0.1, -0.05) is 23.7 Å². The number of halogens is 2. The second-order valence-electron chi connectivity index (χ2n) is 7.07. The second-order valence-corrected chi connectivity index (χ2v) is 7.51. The Morgan fingerprint density at radius 2 is 1.79 bits per heavy atom. The highest BCUT2D eigenvalue weighted by Gasteiger charge is 2.23. The fourth-order valence-corrected chi connectivity index (χ4v) is 3.38. The molecule has 0 aliphatic carbocycles. The highest BCUT2D eigenvalue weighted by Crippen LogP contribution is 2.22. The van der Waals surface area contributed by atoms with E-state index in [1.165, 1.54) is 0 Å². The van der Waals surface area contributed by atoms with Crippen molar-refractivity contribution in [3.8, 4) is 0 Å². The Labute approximate surface area is 182 Å². The van der Waals surface area contributed by atoms with Crippen molar-refractivity contribution in [1.29, 1.82) is 0 Å². The summed E-state index contributed by atoms with van der Waals surface area (Å²) in [4.78, 5) is 35.3. The van der Waals surface area contributed by atoms with Crippen LogP contribution in [0.25, 0.3) is 0 Å². The van der Waals surface area contributed by atoms with E-state index in [1.54, 1.807) is 12.1 Å². The number of carboxylic acid groups (broad SMARTS) is 1. The molecule has 0 radical (unpaired) electrons. The molecule has 2 amide bonds. The summed E-state index contributed by atoms with van der Waals surface area (Å²) in [5.41, 5.74) is 0.927. The van der Waals surface area contributed by atoms with Gasteiger partial charge in [-0.25, -0.2) is 0 Å². The Morgan fingerprint density at radius 1 is 1.14 bits per heavy atom. The minimum atomic E-state index is -0.881. The van der Waals surface area contributed by atoms with E-state index < -0.39 is 5.97 Å². The molecule has 0 aromatic heterocycles. The lowest BCUT2D eigenvalue weighted by molar-refractivity contribution is -0.137. The van der Waals surface area contributed by atoms with E-state index in [1.807, 2.05) is 12.1 Å². The molecule has 162 valence electrons. The van der Waals surface area contributed by atoms with E-state index >= 15 is 0 Å². The number of carboxylic acids is 1. The predicted molar refractivity (Wildman–Crippen MR) is 115 cm³/mol. The van der Waals surface area contributed by atoms with Crippen LogP contribution < -0.4 is 16.0 Å². The third-order valence-electron chi connectivity index (χ3n) is 4.90. The van der Waals surface area contributed by atoms with Crippen molar-refractivity contribution < 1.29 is 19.5 Å². The summed E-state index contributed by atoms with van der Waals surface area (Å²) in [6.07, 6.45) is 2.26. The average Bonchev–Trinajstić information content (AvgIpc) is 2.69. The lowest BCUT2D eigenvalue weighted by Gasteiger charge is -2.24. The van der Waals surface area contributed by atoms with Gasteiger partial charge in [-0.3, -0.25) is 14.4 Å². The van der Waals surface area contributed by atoms with E-state index in [-0.39, 0.29) is 48.9 Å². The van der Waals surface area contributed by atoms with Crippen LogP contribution in [0.5, 0.6) is 0 Å². The number of hydrogen-bond donors (Lipinski definition) is 4. The van der Waals surface area contributed by atoms with E-state index in [2.05, 4.69) is 16.0 Å². The van der Waals surface area contributed by atoms with Crippen LogP contribution in [0, 0.1) is 5.92 Å². The lowest BCUT2D eigenvalue weighted by Crippen LogP contribution is -2.40. The van der Waals surface area contributed by atoms with Crippen molar-refractivity contribution in [2.75, 3.05) is 26.2 Å². The zero-order chi connectivity index (χ0) is 20.4. The molecular weight excluding hydrogens is 417 g/mol. The van der Waals surface area contributed by atoms with Gasteiger partial charge in [-0.2, -0.15) is 0 Å². The van der Waals surface area contributed by atoms with E-state index in [9.17, 15) is 14.4 Å². The second kappa shape index (κ2) is 13.4. The molecule has 1 aliphatic rings. The first kappa shape index (κ1) is 25.2. The van der Waals surface area contributed by atoms with Crippen molar-refractivity contribution in [2.24, 2.45) is 5.92 Å². The minimum Gasteiger partial charge on any atom is -0.481 e. The van der Waals surface area contributed by atoms with Crippen molar-refractivity contribution in [2.45, 2.75) is 38.0 Å². The third kappa shape index (κ3) is 9.47. The van der Waals surface area contributed by atoms with Gasteiger partial charge in [0.25, 0.3) is 0 Å². The van der Waals surface area contributed by atoms with Crippen LogP contribution in [0.2, 0.25) is 5.02 Å². The summed E-state index contributed by atoms with van der Waals surface area (Å²) in [5.74, 6) is -1.18. The van der Waals surface area contributed by atoms with E-state index in [4.69, 9.17) is 16.7 Å². The number of benzene rings is 1. The van der Waals surface area contributed by atoms with Crippen molar-refractivity contribution in [1.82, 2.24) is 16.0 Å². The highest BCUT2D eigenvalue weighted by molar-refractivity contribution is 6.30. The average molecular weight is 446 g/mol. The smallest absolute Gasteiger partial charge is 0.303 e. The molecule has 4 N–H and O–H groups in total. The standard InChI is InChI=1S/C20H28ClN3O4.ClH/c21-17-5-3-14(4-6-17)16(12-18(25)23-9-1-2-19(26)27)13-24-20(28)15-7-10-22-11-8-15;/h3-6,15-16,22H,1-2,7-13H2,(H,23,25)(H,24,28)(H,26,27);1H. The Balaban J connectivity index is 0.00000420. The van der Waals surface area contributed by atoms with E-state index in [0.717, 1.165) is 31.5 Å². The minimum absolute atomic E-state index is 0. The maximum absolute atomic E-state index is 12.4. The molecule has 1 atom stereocenters. The zero-order valence-electron chi connectivity index (χ0n) is 16.3. The van der Waals surface area contributed by atoms with Gasteiger partial charge in [0.1, 0.15) is 0 Å². The Kier molecular flexibility index (Phi) is 11.7. The Morgan fingerprint density at radius 3 is 2.41 bits per heavy atom. The molecule has 9 heteroatoms. The summed E-state index contributed by atoms with van der Waals surface area (Å²) in [7, 11) is 0. The first-order chi connectivity index (χ1) is 13.5. The van der Waals surface area contributed by atoms with Gasteiger partial charge in [-0.15, -0.1) is 12.4 Å². The number of rotatable bonds is 10. The van der Waals surface area contributed by atoms with Gasteiger partial charge < -0.3 is 21.1 Å². The molecule has 0 bridgehead atoms. The maximum atomic E-state index is 12.4. The molecule has 29 heavy (non-hydrogen) atoms. The van der Waals surface area contributed by atoms with Crippen molar-refractivity contribution in [3.05, 3.63) is 34.9 Å².